The zero-order valence-electron chi connectivity index (χ0n) is 21.2. The number of alkyl halides is 3. The van der Waals surface area contributed by atoms with Crippen molar-refractivity contribution in [3.05, 3.63) is 46.6 Å². The van der Waals surface area contributed by atoms with Gasteiger partial charge in [0, 0.05) is 51.4 Å². The Hall–Kier alpha value is -3.14. The highest BCUT2D eigenvalue weighted by Crippen LogP contribution is 2.34. The van der Waals surface area contributed by atoms with Gasteiger partial charge < -0.3 is 10.2 Å². The summed E-state index contributed by atoms with van der Waals surface area (Å²) in [7, 11) is -3.89. The number of fused-ring (bicyclic) bond motifs is 1. The second kappa shape index (κ2) is 12.2. The number of benzene rings is 1. The lowest BCUT2D eigenvalue weighted by Crippen LogP contribution is -2.49. The van der Waals surface area contributed by atoms with E-state index in [1.807, 2.05) is 0 Å². The Morgan fingerprint density at radius 1 is 1.05 bits per heavy atom. The Bertz CT molecular complexity index is 1370. The van der Waals surface area contributed by atoms with Crippen LogP contribution < -0.4 is 20.6 Å². The number of sulfonamides is 1. The van der Waals surface area contributed by atoms with Crippen LogP contribution in [0.5, 0.6) is 0 Å². The minimum atomic E-state index is -4.59. The Kier molecular flexibility index (Phi) is 9.07. The summed E-state index contributed by atoms with van der Waals surface area (Å²) in [5.74, 6) is -0.464. The van der Waals surface area contributed by atoms with E-state index in [9.17, 15) is 31.2 Å². The number of nitrogens with one attached hydrogen (secondary N) is 2. The van der Waals surface area contributed by atoms with Crippen molar-refractivity contribution >= 4 is 45.1 Å². The van der Waals surface area contributed by atoms with Crippen LogP contribution in [0.15, 0.2) is 35.2 Å². The number of pyridine rings is 1. The molecule has 218 valence electrons. The second-order valence-corrected chi connectivity index (χ2v) is 11.7. The van der Waals surface area contributed by atoms with Gasteiger partial charge in [-0.15, -0.1) is 0 Å². The van der Waals surface area contributed by atoms with E-state index >= 15 is 0 Å². The van der Waals surface area contributed by atoms with E-state index < -0.39 is 27.7 Å². The number of aromatic nitrogens is 1. The first kappa shape index (κ1) is 29.8. The first-order valence-corrected chi connectivity index (χ1v) is 14.3. The molecule has 11 nitrogen and oxygen atoms in total. The van der Waals surface area contributed by atoms with Crippen molar-refractivity contribution in [2.45, 2.75) is 36.8 Å². The molecule has 3 heterocycles. The lowest BCUT2D eigenvalue weighted by molar-refractivity contribution is -0.137. The molecular weight excluding hydrogens is 577 g/mol. The lowest BCUT2D eigenvalue weighted by atomic mass is 10.2. The highest BCUT2D eigenvalue weighted by atomic mass is 35.5. The van der Waals surface area contributed by atoms with Gasteiger partial charge in [0.25, 0.3) is 0 Å². The maximum atomic E-state index is 13.3. The van der Waals surface area contributed by atoms with Crippen molar-refractivity contribution in [3.8, 4) is 0 Å². The second-order valence-electron chi connectivity index (χ2n) is 9.34. The van der Waals surface area contributed by atoms with Gasteiger partial charge in [-0.25, -0.2) is 23.7 Å². The summed E-state index contributed by atoms with van der Waals surface area (Å²) in [4.78, 5) is 30.8. The molecule has 2 aliphatic heterocycles. The van der Waals surface area contributed by atoms with Gasteiger partial charge in [0.1, 0.15) is 11.0 Å². The zero-order chi connectivity index (χ0) is 29.1. The number of hydroxylamine groups is 1. The van der Waals surface area contributed by atoms with Gasteiger partial charge in [0.05, 0.1) is 10.5 Å². The first-order valence-electron chi connectivity index (χ1n) is 12.5. The van der Waals surface area contributed by atoms with Gasteiger partial charge in [0.15, 0.2) is 0 Å². The third-order valence-electron chi connectivity index (χ3n) is 6.73. The number of anilines is 2. The maximum absolute atomic E-state index is 13.3. The molecule has 2 aromatic rings. The molecule has 0 bridgehead atoms. The van der Waals surface area contributed by atoms with Crippen LogP contribution in [0.25, 0.3) is 0 Å². The van der Waals surface area contributed by atoms with Crippen molar-refractivity contribution in [2.75, 3.05) is 49.1 Å². The molecule has 0 spiro atoms. The summed E-state index contributed by atoms with van der Waals surface area (Å²) in [6.07, 6.45) is -2.94. The topological polar surface area (TPSA) is 135 Å². The largest absolute Gasteiger partial charge is 0.416 e. The smallest absolute Gasteiger partial charge is 0.354 e. The van der Waals surface area contributed by atoms with Crippen molar-refractivity contribution < 1.29 is 36.4 Å². The van der Waals surface area contributed by atoms with E-state index in [1.165, 1.54) is 15.3 Å². The maximum Gasteiger partial charge on any atom is 0.416 e. The standard InChI is InChI=1S/C24H28ClF3N6O5S/c25-20-14-17(24(26,27)28)15-21(30-20)32-9-11-33(12-10-32)40(38,39)18-4-5-19-16(13-18)6-8-34(19)23(36)29-7-2-1-3-22(35)31-37/h4-5,13-15,37H,1-3,6-12H2,(H,29,36)(H,31,35). The summed E-state index contributed by atoms with van der Waals surface area (Å²) < 4.78 is 67.5. The van der Waals surface area contributed by atoms with Crippen molar-refractivity contribution in [1.82, 2.24) is 20.1 Å². The fraction of sp³-hybridized carbons (Fsp3) is 0.458. The molecule has 16 heteroatoms. The van der Waals surface area contributed by atoms with Gasteiger partial charge in [-0.2, -0.15) is 17.5 Å². The van der Waals surface area contributed by atoms with Crippen LogP contribution in [0.2, 0.25) is 5.15 Å². The van der Waals surface area contributed by atoms with E-state index in [4.69, 9.17) is 16.8 Å². The van der Waals surface area contributed by atoms with Crippen LogP contribution in [-0.4, -0.2) is 74.1 Å². The monoisotopic (exact) mass is 604 g/mol. The molecule has 1 aromatic heterocycles. The number of unbranched alkanes of at least 4 members (excludes halogenated alkanes) is 1. The molecule has 0 radical (unpaired) electrons. The van der Waals surface area contributed by atoms with Crippen LogP contribution in [-0.2, 0) is 27.4 Å². The number of halogens is 4. The molecule has 40 heavy (non-hydrogen) atoms. The van der Waals surface area contributed by atoms with E-state index in [1.54, 1.807) is 22.5 Å². The van der Waals surface area contributed by atoms with E-state index in [0.29, 0.717) is 43.6 Å². The molecule has 3 amide bonds. The number of rotatable bonds is 8. The molecule has 0 aliphatic carbocycles. The molecule has 0 unspecified atom stereocenters. The summed E-state index contributed by atoms with van der Waals surface area (Å²) in [6, 6.07) is 5.88. The van der Waals surface area contributed by atoms with E-state index in [2.05, 4.69) is 10.3 Å². The number of hydrogen-bond donors (Lipinski definition) is 3. The van der Waals surface area contributed by atoms with Crippen molar-refractivity contribution in [2.24, 2.45) is 0 Å². The average Bonchev–Trinajstić information content (AvgIpc) is 3.35. The summed E-state index contributed by atoms with van der Waals surface area (Å²) in [5, 5.41) is 11.0. The van der Waals surface area contributed by atoms with Gasteiger partial charge in [-0.05, 0) is 55.2 Å². The first-order chi connectivity index (χ1) is 18.9. The lowest BCUT2D eigenvalue weighted by Gasteiger charge is -2.35. The van der Waals surface area contributed by atoms with Gasteiger partial charge >= 0.3 is 12.2 Å². The minimum Gasteiger partial charge on any atom is -0.354 e. The molecule has 4 rings (SSSR count). The van der Waals surface area contributed by atoms with Gasteiger partial charge in [0.2, 0.25) is 15.9 Å². The van der Waals surface area contributed by atoms with Gasteiger partial charge in [-0.3, -0.25) is 14.9 Å². The number of urea groups is 1. The quantitative estimate of drug-likeness (QED) is 0.182. The molecule has 1 aromatic carbocycles. The fourth-order valence-corrected chi connectivity index (χ4v) is 6.30. The fourth-order valence-electron chi connectivity index (χ4n) is 4.62. The summed E-state index contributed by atoms with van der Waals surface area (Å²) >= 11 is 5.79. The van der Waals surface area contributed by atoms with Crippen molar-refractivity contribution in [3.63, 3.8) is 0 Å². The Balaban J connectivity index is 1.36. The Morgan fingerprint density at radius 2 is 1.77 bits per heavy atom. The van der Waals surface area contributed by atoms with Crippen LogP contribution in [0, 0.1) is 0 Å². The highest BCUT2D eigenvalue weighted by Gasteiger charge is 2.34. The predicted molar refractivity (Wildman–Crippen MR) is 140 cm³/mol. The Morgan fingerprint density at radius 3 is 2.45 bits per heavy atom. The van der Waals surface area contributed by atoms with E-state index in [-0.39, 0.29) is 54.5 Å². The predicted octanol–water partition coefficient (Wildman–Crippen LogP) is 3.01. The molecule has 2 aliphatic rings. The average molecular weight is 605 g/mol. The number of piperazine rings is 1. The number of carbonyl (C=O) groups is 2. The highest BCUT2D eigenvalue weighted by molar-refractivity contribution is 7.89. The molecule has 1 saturated heterocycles. The molecule has 1 fully saturated rings. The summed E-state index contributed by atoms with van der Waals surface area (Å²) in [6.45, 7) is 1.07. The number of nitrogens with zero attached hydrogens (tertiary/aromatic N) is 4. The third kappa shape index (κ3) is 6.77. The number of amides is 3. The normalized spacial score (nSPS) is 16.1. The summed E-state index contributed by atoms with van der Waals surface area (Å²) in [5.41, 5.74) is 1.94. The van der Waals surface area contributed by atoms with E-state index in [0.717, 1.165) is 12.1 Å². The molecule has 0 saturated carbocycles. The van der Waals surface area contributed by atoms with Crippen LogP contribution in [0.3, 0.4) is 0 Å². The zero-order valence-corrected chi connectivity index (χ0v) is 22.8. The van der Waals surface area contributed by atoms with Crippen LogP contribution in [0.1, 0.15) is 30.4 Å². The SMILES string of the molecule is O=C(CCCCNC(=O)N1CCc2cc(S(=O)(=O)N3CCN(c4cc(C(F)(F)F)cc(Cl)n4)CC3)ccc21)NO. The third-order valence-corrected chi connectivity index (χ3v) is 8.82. The molecule has 3 N–H and O–H groups in total. The van der Waals surface area contributed by atoms with Gasteiger partial charge in [-0.1, -0.05) is 11.6 Å². The van der Waals surface area contributed by atoms with Crippen LogP contribution in [0.4, 0.5) is 29.5 Å². The number of carbonyl (C=O) groups excluding carboxylic acids is 2. The molecular formula is C24H28ClF3N6O5S. The molecule has 0 atom stereocenters. The number of hydrogen-bond acceptors (Lipinski definition) is 7. The Labute approximate surface area is 233 Å². The minimum absolute atomic E-state index is 0.0310. The van der Waals surface area contributed by atoms with Crippen LogP contribution >= 0.6 is 11.6 Å². The van der Waals surface area contributed by atoms with Crippen molar-refractivity contribution in [1.29, 1.82) is 0 Å².